The van der Waals surface area contributed by atoms with Gasteiger partial charge in [0.15, 0.2) is 5.78 Å². The molecule has 62 valence electrons. The number of hydrogen-bond acceptors (Lipinski definition) is 1. The third-order valence-corrected chi connectivity index (χ3v) is 2.48. The number of carbonyl (C=O) groups is 1. The topological polar surface area (TPSA) is 17.1 Å². The quantitative estimate of drug-likeness (QED) is 0.566. The van der Waals surface area contributed by atoms with Crippen LogP contribution in [0.1, 0.15) is 33.1 Å². The molecule has 2 unspecified atom stereocenters. The van der Waals surface area contributed by atoms with Gasteiger partial charge in [0.05, 0.1) is 0 Å². The molecule has 2 atom stereocenters. The van der Waals surface area contributed by atoms with Gasteiger partial charge in [-0.2, -0.15) is 0 Å². The van der Waals surface area contributed by atoms with E-state index in [0.29, 0.717) is 5.92 Å². The van der Waals surface area contributed by atoms with Gasteiger partial charge in [-0.1, -0.05) is 26.3 Å². The van der Waals surface area contributed by atoms with Crippen LogP contribution < -0.4 is 0 Å². The van der Waals surface area contributed by atoms with Crippen molar-refractivity contribution in [3.63, 3.8) is 0 Å². The zero-order valence-electron chi connectivity index (χ0n) is 7.39. The van der Waals surface area contributed by atoms with Gasteiger partial charge in [-0.3, -0.25) is 4.79 Å². The summed E-state index contributed by atoms with van der Waals surface area (Å²) in [5.74, 6) is 1.48. The average Bonchev–Trinajstić information content (AvgIpc) is 2.67. The Kier molecular flexibility index (Phi) is 2.48. The molecule has 0 aromatic heterocycles. The summed E-state index contributed by atoms with van der Waals surface area (Å²) < 4.78 is 0. The summed E-state index contributed by atoms with van der Waals surface area (Å²) in [4.78, 5) is 10.9. The van der Waals surface area contributed by atoms with E-state index in [-0.39, 0.29) is 5.78 Å². The average molecular weight is 152 g/mol. The van der Waals surface area contributed by atoms with Crippen molar-refractivity contribution in [2.24, 2.45) is 11.8 Å². The fourth-order valence-corrected chi connectivity index (χ4v) is 1.63. The van der Waals surface area contributed by atoms with E-state index in [2.05, 4.69) is 13.5 Å². The van der Waals surface area contributed by atoms with Gasteiger partial charge in [-0.15, -0.1) is 0 Å². The number of allylic oxidation sites excluding steroid dienone is 1. The molecule has 1 nitrogen and oxygen atoms in total. The SMILES string of the molecule is C=C(C(C)=O)C1CC1CCC. The third kappa shape index (κ3) is 1.92. The number of rotatable bonds is 4. The van der Waals surface area contributed by atoms with Gasteiger partial charge in [0.2, 0.25) is 0 Å². The van der Waals surface area contributed by atoms with Crippen molar-refractivity contribution in [1.82, 2.24) is 0 Å². The Morgan fingerprint density at radius 1 is 1.64 bits per heavy atom. The summed E-state index contributed by atoms with van der Waals surface area (Å²) in [6.45, 7) is 7.60. The van der Waals surface area contributed by atoms with E-state index in [1.54, 1.807) is 6.92 Å². The molecule has 0 aliphatic heterocycles. The molecule has 0 N–H and O–H groups in total. The van der Waals surface area contributed by atoms with Crippen LogP contribution in [0.25, 0.3) is 0 Å². The molecule has 0 heterocycles. The maximum atomic E-state index is 10.9. The van der Waals surface area contributed by atoms with Crippen molar-refractivity contribution in [2.75, 3.05) is 0 Å². The summed E-state index contributed by atoms with van der Waals surface area (Å²) in [5, 5.41) is 0. The second kappa shape index (κ2) is 3.21. The molecule has 11 heavy (non-hydrogen) atoms. The van der Waals surface area contributed by atoms with E-state index < -0.39 is 0 Å². The first-order valence-electron chi connectivity index (χ1n) is 4.36. The van der Waals surface area contributed by atoms with Crippen LogP contribution in [0.15, 0.2) is 12.2 Å². The first kappa shape index (κ1) is 8.51. The van der Waals surface area contributed by atoms with Crippen molar-refractivity contribution in [1.29, 1.82) is 0 Å². The van der Waals surface area contributed by atoms with Gasteiger partial charge in [-0.25, -0.2) is 0 Å². The maximum Gasteiger partial charge on any atom is 0.155 e. The smallest absolute Gasteiger partial charge is 0.155 e. The van der Waals surface area contributed by atoms with Crippen molar-refractivity contribution in [2.45, 2.75) is 33.1 Å². The maximum absolute atomic E-state index is 10.9. The minimum atomic E-state index is 0.175. The number of Topliss-reactive ketones (excluding diaryl/α,β-unsaturated/α-hetero) is 1. The second-order valence-corrected chi connectivity index (χ2v) is 3.47. The molecular weight excluding hydrogens is 136 g/mol. The molecule has 1 fully saturated rings. The van der Waals surface area contributed by atoms with Crippen LogP contribution in [-0.4, -0.2) is 5.78 Å². The van der Waals surface area contributed by atoms with Gasteiger partial charge in [-0.05, 0) is 30.8 Å². The Morgan fingerprint density at radius 2 is 2.27 bits per heavy atom. The minimum Gasteiger partial charge on any atom is -0.295 e. The molecule has 0 spiro atoms. The van der Waals surface area contributed by atoms with Crippen molar-refractivity contribution in [3.8, 4) is 0 Å². The molecule has 0 radical (unpaired) electrons. The van der Waals surface area contributed by atoms with Gasteiger partial charge in [0.1, 0.15) is 0 Å². The molecule has 0 amide bonds. The molecule has 0 aromatic carbocycles. The van der Waals surface area contributed by atoms with Gasteiger partial charge in [0, 0.05) is 0 Å². The zero-order valence-corrected chi connectivity index (χ0v) is 7.39. The van der Waals surface area contributed by atoms with Crippen molar-refractivity contribution < 1.29 is 4.79 Å². The highest BCUT2D eigenvalue weighted by atomic mass is 16.1. The lowest BCUT2D eigenvalue weighted by molar-refractivity contribution is -0.113. The highest BCUT2D eigenvalue weighted by Gasteiger charge is 2.39. The predicted molar refractivity (Wildman–Crippen MR) is 46.3 cm³/mol. The van der Waals surface area contributed by atoms with Crippen LogP contribution in [0.2, 0.25) is 0 Å². The summed E-state index contributed by atoms with van der Waals surface area (Å²) in [5.41, 5.74) is 0.850. The van der Waals surface area contributed by atoms with E-state index in [1.807, 2.05) is 0 Å². The standard InChI is InChI=1S/C10H16O/c1-4-5-9-6-10(9)7(2)8(3)11/h9-10H,2,4-6H2,1,3H3. The van der Waals surface area contributed by atoms with E-state index in [4.69, 9.17) is 0 Å². The Morgan fingerprint density at radius 3 is 2.73 bits per heavy atom. The Labute approximate surface area is 68.5 Å². The highest BCUT2D eigenvalue weighted by Crippen LogP contribution is 2.46. The van der Waals surface area contributed by atoms with Crippen molar-refractivity contribution in [3.05, 3.63) is 12.2 Å². The van der Waals surface area contributed by atoms with Crippen LogP contribution in [-0.2, 0) is 4.79 Å². The fourth-order valence-electron chi connectivity index (χ4n) is 1.63. The number of carbonyl (C=O) groups excluding carboxylic acids is 1. The predicted octanol–water partition coefficient (Wildman–Crippen LogP) is 2.57. The van der Waals surface area contributed by atoms with E-state index in [0.717, 1.165) is 11.5 Å². The molecule has 1 rings (SSSR count). The number of ketones is 1. The number of hydrogen-bond donors (Lipinski definition) is 0. The van der Waals surface area contributed by atoms with E-state index >= 15 is 0 Å². The fraction of sp³-hybridized carbons (Fsp3) is 0.700. The summed E-state index contributed by atoms with van der Waals surface area (Å²) in [6.07, 6.45) is 3.69. The molecule has 1 saturated carbocycles. The first-order chi connectivity index (χ1) is 5.16. The molecule has 0 bridgehead atoms. The monoisotopic (exact) mass is 152 g/mol. The Hall–Kier alpha value is -0.590. The van der Waals surface area contributed by atoms with Crippen LogP contribution in [0.5, 0.6) is 0 Å². The Balaban J connectivity index is 2.32. The molecule has 1 aliphatic carbocycles. The molecule has 1 heteroatoms. The molecule has 1 aliphatic rings. The minimum absolute atomic E-state index is 0.175. The summed E-state index contributed by atoms with van der Waals surface area (Å²) >= 11 is 0. The van der Waals surface area contributed by atoms with Gasteiger partial charge in [0.25, 0.3) is 0 Å². The molecule has 0 aromatic rings. The highest BCUT2D eigenvalue weighted by molar-refractivity contribution is 5.93. The normalized spacial score (nSPS) is 28.2. The van der Waals surface area contributed by atoms with Crippen LogP contribution in [0.3, 0.4) is 0 Å². The lowest BCUT2D eigenvalue weighted by atomic mass is 10.1. The van der Waals surface area contributed by atoms with E-state index in [1.165, 1.54) is 19.3 Å². The van der Waals surface area contributed by atoms with Crippen LogP contribution >= 0.6 is 0 Å². The van der Waals surface area contributed by atoms with Gasteiger partial charge >= 0.3 is 0 Å². The lowest BCUT2D eigenvalue weighted by Gasteiger charge is -1.97. The third-order valence-electron chi connectivity index (χ3n) is 2.48. The van der Waals surface area contributed by atoms with Gasteiger partial charge < -0.3 is 0 Å². The van der Waals surface area contributed by atoms with Crippen molar-refractivity contribution >= 4 is 5.78 Å². The molecular formula is C10H16O. The first-order valence-corrected chi connectivity index (χ1v) is 4.36. The van der Waals surface area contributed by atoms with E-state index in [9.17, 15) is 4.79 Å². The lowest BCUT2D eigenvalue weighted by Crippen LogP contribution is -1.98. The largest absolute Gasteiger partial charge is 0.295 e. The van der Waals surface area contributed by atoms with Crippen LogP contribution in [0, 0.1) is 11.8 Å². The second-order valence-electron chi connectivity index (χ2n) is 3.47. The van der Waals surface area contributed by atoms with Crippen LogP contribution in [0.4, 0.5) is 0 Å². The molecule has 0 saturated heterocycles. The zero-order chi connectivity index (χ0) is 8.43. The summed E-state index contributed by atoms with van der Waals surface area (Å²) in [7, 11) is 0. The Bertz CT molecular complexity index is 181. The summed E-state index contributed by atoms with van der Waals surface area (Å²) in [6, 6.07) is 0.